The van der Waals surface area contributed by atoms with Crippen LogP contribution in [0.5, 0.6) is 0 Å². The van der Waals surface area contributed by atoms with Gasteiger partial charge in [-0.2, -0.15) is 0 Å². The topological polar surface area (TPSA) is 76.0 Å². The van der Waals surface area contributed by atoms with E-state index < -0.39 is 0 Å². The molecule has 0 spiro atoms. The summed E-state index contributed by atoms with van der Waals surface area (Å²) in [4.78, 5) is 29.2. The second-order valence-electron chi connectivity index (χ2n) is 7.58. The van der Waals surface area contributed by atoms with Gasteiger partial charge < -0.3 is 15.2 Å². The molecule has 1 fully saturated rings. The van der Waals surface area contributed by atoms with Crippen LogP contribution in [0.3, 0.4) is 0 Å². The van der Waals surface area contributed by atoms with Crippen molar-refractivity contribution in [2.24, 2.45) is 0 Å². The molecule has 3 aromatic rings. The molecular formula is C23H23BrN4O2. The Morgan fingerprint density at radius 1 is 1.13 bits per heavy atom. The molecule has 0 saturated heterocycles. The number of carbonyl (C=O) groups excluding carboxylic acids is 2. The summed E-state index contributed by atoms with van der Waals surface area (Å²) >= 11 is 3.52. The highest BCUT2D eigenvalue weighted by Crippen LogP contribution is 2.42. The molecule has 6 nitrogen and oxygen atoms in total. The molecule has 154 valence electrons. The number of nitrogens with zero attached hydrogens (tertiary/aromatic N) is 2. The number of benzene rings is 2. The standard InChI is InChI=1S/C23H23BrN4O2/c24-19-6-2-5-18(15-19)23(9-3-10-23)27-22(30)17-4-1-7-20(14-17)26-21(29)8-12-28-13-11-25-16-28/h1-2,4-7,11,13-16H,3,8-10,12H2,(H,26,29)(H,27,30). The van der Waals surface area contributed by atoms with Gasteiger partial charge in [0.1, 0.15) is 0 Å². The molecule has 0 radical (unpaired) electrons. The Kier molecular flexibility index (Phi) is 5.99. The van der Waals surface area contributed by atoms with Crippen molar-refractivity contribution in [1.29, 1.82) is 0 Å². The summed E-state index contributed by atoms with van der Waals surface area (Å²) in [5, 5.41) is 6.10. The molecule has 7 heteroatoms. The van der Waals surface area contributed by atoms with E-state index in [0.29, 0.717) is 24.2 Å². The lowest BCUT2D eigenvalue weighted by atomic mass is 9.71. The fraction of sp³-hybridized carbons (Fsp3) is 0.261. The van der Waals surface area contributed by atoms with Crippen molar-refractivity contribution in [2.45, 2.75) is 37.8 Å². The fourth-order valence-corrected chi connectivity index (χ4v) is 4.10. The maximum Gasteiger partial charge on any atom is 0.252 e. The fourth-order valence-electron chi connectivity index (χ4n) is 3.70. The number of imidazole rings is 1. The van der Waals surface area contributed by atoms with Crippen LogP contribution >= 0.6 is 15.9 Å². The summed E-state index contributed by atoms with van der Waals surface area (Å²) in [6, 6.07) is 15.2. The van der Waals surface area contributed by atoms with E-state index in [-0.39, 0.29) is 17.4 Å². The second-order valence-corrected chi connectivity index (χ2v) is 8.50. The molecule has 0 atom stereocenters. The summed E-state index contributed by atoms with van der Waals surface area (Å²) < 4.78 is 2.85. The van der Waals surface area contributed by atoms with E-state index in [1.165, 1.54) is 0 Å². The van der Waals surface area contributed by atoms with Gasteiger partial charge in [0, 0.05) is 41.1 Å². The van der Waals surface area contributed by atoms with Crippen LogP contribution in [-0.2, 0) is 16.9 Å². The lowest BCUT2D eigenvalue weighted by Gasteiger charge is -2.43. The van der Waals surface area contributed by atoms with E-state index in [0.717, 1.165) is 29.3 Å². The van der Waals surface area contributed by atoms with E-state index >= 15 is 0 Å². The zero-order valence-electron chi connectivity index (χ0n) is 16.5. The Hall–Kier alpha value is -2.93. The van der Waals surface area contributed by atoms with E-state index in [1.807, 2.05) is 22.9 Å². The number of amides is 2. The molecule has 2 N–H and O–H groups in total. The average Bonchev–Trinajstić information content (AvgIpc) is 3.23. The van der Waals surface area contributed by atoms with E-state index in [1.54, 1.807) is 36.8 Å². The van der Waals surface area contributed by atoms with Crippen molar-refractivity contribution in [1.82, 2.24) is 14.9 Å². The van der Waals surface area contributed by atoms with Gasteiger partial charge in [-0.1, -0.05) is 34.1 Å². The molecule has 1 saturated carbocycles. The highest BCUT2D eigenvalue weighted by Gasteiger charge is 2.40. The lowest BCUT2D eigenvalue weighted by Crippen LogP contribution is -2.50. The number of nitrogens with one attached hydrogen (secondary N) is 2. The van der Waals surface area contributed by atoms with Gasteiger partial charge in [0.05, 0.1) is 11.9 Å². The predicted octanol–water partition coefficient (Wildman–Crippen LogP) is 4.48. The van der Waals surface area contributed by atoms with E-state index in [9.17, 15) is 9.59 Å². The quantitative estimate of drug-likeness (QED) is 0.538. The monoisotopic (exact) mass is 466 g/mol. The second kappa shape index (κ2) is 8.83. The Bertz CT molecular complexity index is 1040. The highest BCUT2D eigenvalue weighted by atomic mass is 79.9. The van der Waals surface area contributed by atoms with Gasteiger partial charge in [0.25, 0.3) is 5.91 Å². The van der Waals surface area contributed by atoms with Crippen molar-refractivity contribution in [3.63, 3.8) is 0 Å². The molecule has 0 unspecified atom stereocenters. The number of halogens is 1. The van der Waals surface area contributed by atoms with Crippen LogP contribution < -0.4 is 10.6 Å². The van der Waals surface area contributed by atoms with Gasteiger partial charge >= 0.3 is 0 Å². The Balaban J connectivity index is 1.41. The summed E-state index contributed by atoms with van der Waals surface area (Å²) in [7, 11) is 0. The number of hydrogen-bond acceptors (Lipinski definition) is 3. The minimum atomic E-state index is -0.328. The summed E-state index contributed by atoms with van der Waals surface area (Å²) in [6.45, 7) is 0.557. The normalized spacial score (nSPS) is 14.6. The Morgan fingerprint density at radius 2 is 1.97 bits per heavy atom. The van der Waals surface area contributed by atoms with Crippen molar-refractivity contribution in [2.75, 3.05) is 5.32 Å². The van der Waals surface area contributed by atoms with Gasteiger partial charge in [-0.3, -0.25) is 9.59 Å². The lowest BCUT2D eigenvalue weighted by molar-refractivity contribution is -0.116. The van der Waals surface area contributed by atoms with E-state index in [2.05, 4.69) is 43.7 Å². The van der Waals surface area contributed by atoms with Crippen LogP contribution in [0.4, 0.5) is 5.69 Å². The Labute approximate surface area is 183 Å². The summed E-state index contributed by atoms with van der Waals surface area (Å²) in [5.41, 5.74) is 1.93. The van der Waals surface area contributed by atoms with Gasteiger partial charge in [-0.15, -0.1) is 0 Å². The van der Waals surface area contributed by atoms with Gasteiger partial charge in [-0.25, -0.2) is 4.98 Å². The molecule has 1 aliphatic rings. The van der Waals surface area contributed by atoms with Gasteiger partial charge in [0.2, 0.25) is 5.91 Å². The smallest absolute Gasteiger partial charge is 0.252 e. The SMILES string of the molecule is O=C(CCn1ccnc1)Nc1cccc(C(=O)NC2(c3cccc(Br)c3)CCC2)c1. The number of aromatic nitrogens is 2. The largest absolute Gasteiger partial charge is 0.343 e. The zero-order valence-corrected chi connectivity index (χ0v) is 18.1. The molecule has 2 aromatic carbocycles. The average molecular weight is 467 g/mol. The van der Waals surface area contributed by atoms with Crippen LogP contribution in [-0.4, -0.2) is 21.4 Å². The third-order valence-electron chi connectivity index (χ3n) is 5.50. The first kappa shape index (κ1) is 20.3. The molecule has 2 amide bonds. The number of aryl methyl sites for hydroxylation is 1. The third kappa shape index (κ3) is 4.62. The number of hydrogen-bond donors (Lipinski definition) is 2. The molecule has 0 aliphatic heterocycles. The number of carbonyl (C=O) groups is 2. The van der Waals surface area contributed by atoms with Gasteiger partial charge in [-0.05, 0) is 55.2 Å². The zero-order chi connectivity index (χ0) is 21.0. The van der Waals surface area contributed by atoms with Crippen LogP contribution in [0.1, 0.15) is 41.6 Å². The van der Waals surface area contributed by atoms with Crippen molar-refractivity contribution in [3.8, 4) is 0 Å². The summed E-state index contributed by atoms with van der Waals surface area (Å²) in [5.74, 6) is -0.241. The molecule has 30 heavy (non-hydrogen) atoms. The van der Waals surface area contributed by atoms with Crippen LogP contribution in [0.2, 0.25) is 0 Å². The first-order chi connectivity index (χ1) is 14.5. The number of anilines is 1. The van der Waals surface area contributed by atoms with Crippen LogP contribution in [0.15, 0.2) is 71.7 Å². The van der Waals surface area contributed by atoms with Crippen LogP contribution in [0, 0.1) is 0 Å². The first-order valence-corrected chi connectivity index (χ1v) is 10.8. The van der Waals surface area contributed by atoms with Crippen LogP contribution in [0.25, 0.3) is 0 Å². The molecule has 4 rings (SSSR count). The minimum absolute atomic E-state index is 0.106. The molecular weight excluding hydrogens is 444 g/mol. The maximum atomic E-state index is 13.0. The first-order valence-electron chi connectivity index (χ1n) is 9.98. The molecule has 0 bridgehead atoms. The maximum absolute atomic E-state index is 13.0. The highest BCUT2D eigenvalue weighted by molar-refractivity contribution is 9.10. The van der Waals surface area contributed by atoms with Crippen molar-refractivity contribution >= 4 is 33.4 Å². The van der Waals surface area contributed by atoms with E-state index in [4.69, 9.17) is 0 Å². The molecule has 1 aromatic heterocycles. The number of rotatable bonds is 7. The summed E-state index contributed by atoms with van der Waals surface area (Å²) in [6.07, 6.45) is 8.43. The van der Waals surface area contributed by atoms with Crippen molar-refractivity contribution in [3.05, 3.63) is 82.9 Å². The van der Waals surface area contributed by atoms with Gasteiger partial charge in [0.15, 0.2) is 0 Å². The molecule has 1 heterocycles. The third-order valence-corrected chi connectivity index (χ3v) is 6.00. The minimum Gasteiger partial charge on any atom is -0.343 e. The predicted molar refractivity (Wildman–Crippen MR) is 119 cm³/mol. The molecule has 1 aliphatic carbocycles. The van der Waals surface area contributed by atoms with Crippen molar-refractivity contribution < 1.29 is 9.59 Å². The Morgan fingerprint density at radius 3 is 2.67 bits per heavy atom.